The summed E-state index contributed by atoms with van der Waals surface area (Å²) in [6.07, 6.45) is 9.22. The van der Waals surface area contributed by atoms with Gasteiger partial charge in [0.2, 0.25) is 5.91 Å². The van der Waals surface area contributed by atoms with Gasteiger partial charge in [0.15, 0.2) is 5.16 Å². The fourth-order valence-electron chi connectivity index (χ4n) is 4.75. The molecule has 32 heavy (non-hydrogen) atoms. The molecule has 0 N–H and O–H groups in total. The molecule has 3 aromatic rings. The molecule has 5 rings (SSSR count). The minimum atomic E-state index is -0.0109. The average molecular weight is 472 g/mol. The third-order valence-corrected chi connectivity index (χ3v) is 8.67. The van der Waals surface area contributed by atoms with Crippen molar-refractivity contribution in [3.8, 4) is 0 Å². The minimum absolute atomic E-state index is 0.0109. The van der Waals surface area contributed by atoms with Crippen LogP contribution in [0.2, 0.25) is 0 Å². The van der Waals surface area contributed by atoms with Crippen LogP contribution in [-0.4, -0.2) is 39.2 Å². The topological polar surface area (TPSA) is 68.3 Å². The largest absolute Gasteiger partial charge is 0.467 e. The van der Waals surface area contributed by atoms with Gasteiger partial charge in [-0.3, -0.25) is 14.2 Å². The Kier molecular flexibility index (Phi) is 6.42. The summed E-state index contributed by atoms with van der Waals surface area (Å²) in [7, 11) is 0. The molecule has 0 radical (unpaired) electrons. The molecule has 0 spiro atoms. The lowest BCUT2D eigenvalue weighted by Crippen LogP contribution is -2.33. The van der Waals surface area contributed by atoms with Gasteiger partial charge >= 0.3 is 0 Å². The van der Waals surface area contributed by atoms with Gasteiger partial charge in [0.25, 0.3) is 5.56 Å². The van der Waals surface area contributed by atoms with Gasteiger partial charge in [-0.1, -0.05) is 31.5 Å². The molecule has 2 aliphatic rings. The van der Waals surface area contributed by atoms with E-state index in [2.05, 4.69) is 6.92 Å². The average Bonchev–Trinajstić information content (AvgIpc) is 3.32. The van der Waals surface area contributed by atoms with E-state index in [1.165, 1.54) is 35.0 Å². The fourth-order valence-corrected chi connectivity index (χ4v) is 7.08. The zero-order chi connectivity index (χ0) is 22.1. The quantitative estimate of drug-likeness (QED) is 0.398. The Bertz CT molecular complexity index is 1160. The number of fused-ring (bicyclic) bond motifs is 3. The highest BCUT2D eigenvalue weighted by molar-refractivity contribution is 7.99. The maximum Gasteiger partial charge on any atom is 0.263 e. The van der Waals surface area contributed by atoms with Crippen LogP contribution < -0.4 is 5.56 Å². The van der Waals surface area contributed by atoms with Crippen LogP contribution in [0.4, 0.5) is 0 Å². The molecule has 1 saturated heterocycles. The van der Waals surface area contributed by atoms with E-state index < -0.39 is 0 Å². The third-order valence-electron chi connectivity index (χ3n) is 6.56. The number of hydrogen-bond donors (Lipinski definition) is 0. The van der Waals surface area contributed by atoms with Crippen LogP contribution in [0.15, 0.2) is 32.8 Å². The standard InChI is InChI=1S/C24H29N3O3S2/c1-16-8-9-18-19(13-16)32-22-21(18)23(29)27(14-17-7-6-12-30-17)24(25-22)31-15-20(28)26-10-4-2-3-5-11-26/h6-7,12,16H,2-5,8-11,13-15H2,1H3. The smallest absolute Gasteiger partial charge is 0.263 e. The van der Waals surface area contributed by atoms with E-state index >= 15 is 0 Å². The van der Waals surface area contributed by atoms with Gasteiger partial charge in [-0.2, -0.15) is 0 Å². The number of carbonyl (C=O) groups is 1. The molecule has 1 fully saturated rings. The fraction of sp³-hybridized carbons (Fsp3) is 0.542. The summed E-state index contributed by atoms with van der Waals surface area (Å²) in [4.78, 5) is 35.5. The number of amides is 1. The summed E-state index contributed by atoms with van der Waals surface area (Å²) in [5.41, 5.74) is 1.18. The third kappa shape index (κ3) is 4.39. The summed E-state index contributed by atoms with van der Waals surface area (Å²) in [6, 6.07) is 3.70. The van der Waals surface area contributed by atoms with Crippen molar-refractivity contribution in [2.24, 2.45) is 5.92 Å². The van der Waals surface area contributed by atoms with Crippen LogP contribution in [0.5, 0.6) is 0 Å². The zero-order valence-corrected chi connectivity index (χ0v) is 20.1. The minimum Gasteiger partial charge on any atom is -0.467 e. The van der Waals surface area contributed by atoms with Crippen LogP contribution in [0.1, 0.15) is 55.2 Å². The van der Waals surface area contributed by atoms with Gasteiger partial charge in [-0.05, 0) is 55.7 Å². The van der Waals surface area contributed by atoms with Crippen LogP contribution in [0.3, 0.4) is 0 Å². The number of nitrogens with zero attached hydrogens (tertiary/aromatic N) is 3. The van der Waals surface area contributed by atoms with Gasteiger partial charge in [0, 0.05) is 18.0 Å². The molecular formula is C24H29N3O3S2. The Balaban J connectivity index is 1.48. The molecule has 6 nitrogen and oxygen atoms in total. The van der Waals surface area contributed by atoms with Crippen molar-refractivity contribution in [2.75, 3.05) is 18.8 Å². The first-order valence-corrected chi connectivity index (χ1v) is 13.4. The van der Waals surface area contributed by atoms with Gasteiger partial charge in [-0.15, -0.1) is 11.3 Å². The molecule has 170 valence electrons. The molecular weight excluding hydrogens is 442 g/mol. The first kappa shape index (κ1) is 21.8. The highest BCUT2D eigenvalue weighted by Crippen LogP contribution is 2.36. The first-order chi connectivity index (χ1) is 15.6. The summed E-state index contributed by atoms with van der Waals surface area (Å²) in [5, 5.41) is 1.38. The summed E-state index contributed by atoms with van der Waals surface area (Å²) >= 11 is 3.04. The monoisotopic (exact) mass is 471 g/mol. The van der Waals surface area contributed by atoms with Crippen LogP contribution >= 0.6 is 23.1 Å². The molecule has 3 aromatic heterocycles. The Hall–Kier alpha value is -2.06. The van der Waals surface area contributed by atoms with Gasteiger partial charge in [0.1, 0.15) is 10.6 Å². The number of carbonyl (C=O) groups excluding carboxylic acids is 1. The van der Waals surface area contributed by atoms with E-state index in [0.717, 1.165) is 55.4 Å². The number of likely N-dealkylation sites (tertiary alicyclic amines) is 1. The normalized spacial score (nSPS) is 19.2. The highest BCUT2D eigenvalue weighted by Gasteiger charge is 2.25. The van der Waals surface area contributed by atoms with Gasteiger partial charge < -0.3 is 9.32 Å². The summed E-state index contributed by atoms with van der Waals surface area (Å²) in [5.74, 6) is 1.79. The van der Waals surface area contributed by atoms with E-state index in [9.17, 15) is 9.59 Å². The Morgan fingerprint density at radius 1 is 1.28 bits per heavy atom. The van der Waals surface area contributed by atoms with Crippen molar-refractivity contribution in [1.82, 2.24) is 14.5 Å². The van der Waals surface area contributed by atoms with E-state index in [4.69, 9.17) is 9.40 Å². The lowest BCUT2D eigenvalue weighted by molar-refractivity contribution is -0.128. The maximum absolute atomic E-state index is 13.7. The van der Waals surface area contributed by atoms with Crippen molar-refractivity contribution < 1.29 is 9.21 Å². The van der Waals surface area contributed by atoms with Crippen LogP contribution in [0, 0.1) is 5.92 Å². The molecule has 1 amide bonds. The van der Waals surface area contributed by atoms with Crippen LogP contribution in [-0.2, 0) is 24.2 Å². The van der Waals surface area contributed by atoms with Gasteiger partial charge in [-0.25, -0.2) is 4.98 Å². The lowest BCUT2D eigenvalue weighted by Gasteiger charge is -2.20. The predicted molar refractivity (Wildman–Crippen MR) is 129 cm³/mol. The molecule has 4 heterocycles. The SMILES string of the molecule is CC1CCc2c(sc3nc(SCC(=O)N4CCCCCC4)n(Cc4ccco4)c(=O)c23)C1. The second-order valence-corrected chi connectivity index (χ2v) is 11.0. The summed E-state index contributed by atoms with van der Waals surface area (Å²) in [6.45, 7) is 4.27. The first-order valence-electron chi connectivity index (χ1n) is 11.6. The predicted octanol–water partition coefficient (Wildman–Crippen LogP) is 4.72. The second-order valence-electron chi connectivity index (χ2n) is 8.98. The molecule has 1 aliphatic carbocycles. The van der Waals surface area contributed by atoms with Crippen LogP contribution in [0.25, 0.3) is 10.2 Å². The van der Waals surface area contributed by atoms with Crippen molar-refractivity contribution in [3.05, 3.63) is 45.0 Å². The molecule has 1 atom stereocenters. The number of hydrogen-bond acceptors (Lipinski definition) is 6. The number of furan rings is 1. The molecule has 8 heteroatoms. The zero-order valence-electron chi connectivity index (χ0n) is 18.5. The Morgan fingerprint density at radius 3 is 2.84 bits per heavy atom. The van der Waals surface area contributed by atoms with Crippen molar-refractivity contribution in [2.45, 2.75) is 63.6 Å². The number of aryl methyl sites for hydroxylation is 1. The maximum atomic E-state index is 13.7. The summed E-state index contributed by atoms with van der Waals surface area (Å²) < 4.78 is 7.23. The second kappa shape index (κ2) is 9.43. The van der Waals surface area contributed by atoms with E-state index in [1.54, 1.807) is 22.2 Å². The van der Waals surface area contributed by atoms with E-state index in [-0.39, 0.29) is 11.5 Å². The Morgan fingerprint density at radius 2 is 2.09 bits per heavy atom. The molecule has 0 bridgehead atoms. The highest BCUT2D eigenvalue weighted by atomic mass is 32.2. The number of thiophene rings is 1. The van der Waals surface area contributed by atoms with E-state index in [1.807, 2.05) is 17.0 Å². The molecule has 0 saturated carbocycles. The Labute approximate surface area is 196 Å². The van der Waals surface area contributed by atoms with Crippen molar-refractivity contribution >= 4 is 39.2 Å². The molecule has 1 aliphatic heterocycles. The van der Waals surface area contributed by atoms with E-state index in [0.29, 0.717) is 29.1 Å². The van der Waals surface area contributed by atoms with Crippen molar-refractivity contribution in [3.63, 3.8) is 0 Å². The molecule has 0 aromatic carbocycles. The van der Waals surface area contributed by atoms with Crippen molar-refractivity contribution in [1.29, 1.82) is 0 Å². The molecule has 1 unspecified atom stereocenters. The lowest BCUT2D eigenvalue weighted by atomic mass is 9.89. The number of thioether (sulfide) groups is 1. The number of aromatic nitrogens is 2. The number of rotatable bonds is 5. The van der Waals surface area contributed by atoms with Gasteiger partial charge in [0.05, 0.1) is 23.9 Å².